The molecule has 0 spiro atoms. The SMILES string of the molecule is COc1ccc(N(Cc2cccs2)C(=O)c2ccc(NC(=O)CSc3nnnn3C)cc2)cc1. The van der Waals surface area contributed by atoms with Crippen LogP contribution in [0.4, 0.5) is 11.4 Å². The van der Waals surface area contributed by atoms with E-state index in [-0.39, 0.29) is 17.6 Å². The minimum Gasteiger partial charge on any atom is -0.497 e. The number of hydrogen-bond donors (Lipinski definition) is 1. The highest BCUT2D eigenvalue weighted by atomic mass is 32.2. The van der Waals surface area contributed by atoms with Crippen LogP contribution in [-0.2, 0) is 18.4 Å². The number of aromatic nitrogens is 4. The van der Waals surface area contributed by atoms with Crippen molar-refractivity contribution in [1.29, 1.82) is 0 Å². The number of thiophene rings is 1. The second-order valence-corrected chi connectivity index (χ2v) is 9.14. The Morgan fingerprint density at radius 2 is 1.88 bits per heavy atom. The van der Waals surface area contributed by atoms with E-state index in [1.165, 1.54) is 16.4 Å². The van der Waals surface area contributed by atoms with Gasteiger partial charge in [0.15, 0.2) is 0 Å². The molecule has 2 amide bonds. The molecule has 9 nitrogen and oxygen atoms in total. The quantitative estimate of drug-likeness (QED) is 0.353. The number of ether oxygens (including phenoxy) is 1. The molecule has 1 N–H and O–H groups in total. The van der Waals surface area contributed by atoms with E-state index in [4.69, 9.17) is 4.74 Å². The Bertz CT molecular complexity index is 1240. The van der Waals surface area contributed by atoms with Crippen LogP contribution in [0.15, 0.2) is 71.2 Å². The molecule has 2 aromatic heterocycles. The minimum absolute atomic E-state index is 0.137. The third-order valence-electron chi connectivity index (χ3n) is 4.85. The smallest absolute Gasteiger partial charge is 0.258 e. The Labute approximate surface area is 204 Å². The molecule has 0 radical (unpaired) electrons. The zero-order valence-electron chi connectivity index (χ0n) is 18.5. The van der Waals surface area contributed by atoms with Gasteiger partial charge < -0.3 is 15.0 Å². The molecule has 4 rings (SSSR count). The zero-order chi connectivity index (χ0) is 23.9. The van der Waals surface area contributed by atoms with E-state index in [0.29, 0.717) is 23.0 Å². The van der Waals surface area contributed by atoms with Crippen molar-refractivity contribution >= 4 is 46.3 Å². The number of anilines is 2. The Morgan fingerprint density at radius 1 is 1.12 bits per heavy atom. The summed E-state index contributed by atoms with van der Waals surface area (Å²) in [5.41, 5.74) is 1.89. The molecule has 174 valence electrons. The van der Waals surface area contributed by atoms with Crippen LogP contribution in [0.25, 0.3) is 0 Å². The van der Waals surface area contributed by atoms with Gasteiger partial charge >= 0.3 is 0 Å². The number of rotatable bonds is 9. The number of nitrogens with one attached hydrogen (secondary N) is 1. The van der Waals surface area contributed by atoms with Crippen molar-refractivity contribution in [2.75, 3.05) is 23.1 Å². The number of methoxy groups -OCH3 is 1. The second-order valence-electron chi connectivity index (χ2n) is 7.17. The van der Waals surface area contributed by atoms with Crippen molar-refractivity contribution in [2.24, 2.45) is 7.05 Å². The van der Waals surface area contributed by atoms with Crippen molar-refractivity contribution in [3.05, 3.63) is 76.5 Å². The van der Waals surface area contributed by atoms with Crippen LogP contribution in [0.2, 0.25) is 0 Å². The number of carbonyl (C=O) groups excluding carboxylic acids is 2. The van der Waals surface area contributed by atoms with E-state index in [2.05, 4.69) is 20.8 Å². The number of carbonyl (C=O) groups is 2. The number of tetrazole rings is 1. The summed E-state index contributed by atoms with van der Waals surface area (Å²) in [6, 6.07) is 18.2. The number of nitrogens with zero attached hydrogens (tertiary/aromatic N) is 5. The molecule has 0 bridgehead atoms. The maximum absolute atomic E-state index is 13.4. The minimum atomic E-state index is -0.190. The first-order chi connectivity index (χ1) is 16.5. The molecule has 34 heavy (non-hydrogen) atoms. The third kappa shape index (κ3) is 5.80. The van der Waals surface area contributed by atoms with Gasteiger partial charge in [0.25, 0.3) is 5.91 Å². The van der Waals surface area contributed by atoms with Gasteiger partial charge in [-0.05, 0) is 70.4 Å². The van der Waals surface area contributed by atoms with Gasteiger partial charge in [-0.2, -0.15) is 0 Å². The largest absolute Gasteiger partial charge is 0.497 e. The first kappa shape index (κ1) is 23.5. The van der Waals surface area contributed by atoms with E-state index in [0.717, 1.165) is 16.3 Å². The molecular formula is C23H22N6O3S2. The second kappa shape index (κ2) is 10.9. The summed E-state index contributed by atoms with van der Waals surface area (Å²) < 4.78 is 6.74. The third-order valence-corrected chi connectivity index (χ3v) is 6.72. The number of thioether (sulfide) groups is 1. The summed E-state index contributed by atoms with van der Waals surface area (Å²) in [5.74, 6) is 0.563. The number of amides is 2. The standard InChI is InChI=1S/C23H22N6O3S2/c1-28-23(25-26-27-28)34-15-21(30)24-17-7-5-16(6-8-17)22(31)29(14-20-4-3-13-33-20)18-9-11-19(32-2)12-10-18/h3-13H,14-15H2,1-2H3,(H,24,30). The molecule has 0 saturated carbocycles. The molecule has 0 atom stereocenters. The predicted molar refractivity (Wildman–Crippen MR) is 132 cm³/mol. The van der Waals surface area contributed by atoms with Crippen molar-refractivity contribution < 1.29 is 14.3 Å². The fraction of sp³-hybridized carbons (Fsp3) is 0.174. The van der Waals surface area contributed by atoms with E-state index < -0.39 is 0 Å². The maximum atomic E-state index is 13.4. The number of aryl methyl sites for hydroxylation is 1. The number of hydrogen-bond acceptors (Lipinski definition) is 8. The van der Waals surface area contributed by atoms with E-state index in [1.807, 2.05) is 41.8 Å². The molecule has 4 aromatic rings. The van der Waals surface area contributed by atoms with Gasteiger partial charge in [-0.25, -0.2) is 4.68 Å². The Hall–Kier alpha value is -3.70. The summed E-state index contributed by atoms with van der Waals surface area (Å²) in [6.07, 6.45) is 0. The van der Waals surface area contributed by atoms with Gasteiger partial charge in [-0.3, -0.25) is 9.59 Å². The van der Waals surface area contributed by atoms with Crippen LogP contribution in [0, 0.1) is 0 Å². The van der Waals surface area contributed by atoms with Crippen molar-refractivity contribution in [3.8, 4) is 5.75 Å². The topological polar surface area (TPSA) is 102 Å². The number of benzene rings is 2. The van der Waals surface area contributed by atoms with E-state index in [9.17, 15) is 9.59 Å². The molecule has 0 aliphatic heterocycles. The molecule has 0 fully saturated rings. The van der Waals surface area contributed by atoms with Gasteiger partial charge in [0, 0.05) is 28.9 Å². The average Bonchev–Trinajstić information content (AvgIpc) is 3.53. The highest BCUT2D eigenvalue weighted by Crippen LogP contribution is 2.25. The van der Waals surface area contributed by atoms with Crippen LogP contribution in [0.5, 0.6) is 5.75 Å². The van der Waals surface area contributed by atoms with Crippen LogP contribution in [-0.4, -0.2) is 44.9 Å². The van der Waals surface area contributed by atoms with Gasteiger partial charge in [0.05, 0.1) is 19.4 Å². The van der Waals surface area contributed by atoms with Crippen LogP contribution < -0.4 is 15.0 Å². The lowest BCUT2D eigenvalue weighted by molar-refractivity contribution is -0.113. The first-order valence-electron chi connectivity index (χ1n) is 10.3. The molecule has 0 aliphatic rings. The van der Waals surface area contributed by atoms with E-state index in [1.54, 1.807) is 54.7 Å². The summed E-state index contributed by atoms with van der Waals surface area (Å²) in [6.45, 7) is 0.454. The molecule has 11 heteroatoms. The first-order valence-corrected chi connectivity index (χ1v) is 12.1. The summed E-state index contributed by atoms with van der Waals surface area (Å²) in [7, 11) is 3.32. The molecule has 0 aliphatic carbocycles. The van der Waals surface area contributed by atoms with Gasteiger partial charge in [0.1, 0.15) is 5.75 Å². The van der Waals surface area contributed by atoms with Gasteiger partial charge in [-0.1, -0.05) is 17.8 Å². The Morgan fingerprint density at radius 3 is 2.50 bits per heavy atom. The zero-order valence-corrected chi connectivity index (χ0v) is 20.2. The average molecular weight is 495 g/mol. The summed E-state index contributed by atoms with van der Waals surface area (Å²) in [4.78, 5) is 28.5. The van der Waals surface area contributed by atoms with Crippen molar-refractivity contribution in [3.63, 3.8) is 0 Å². The Balaban J connectivity index is 1.44. The Kier molecular flexibility index (Phi) is 7.55. The van der Waals surface area contributed by atoms with E-state index >= 15 is 0 Å². The molecule has 2 heterocycles. The van der Waals surface area contributed by atoms with Crippen LogP contribution >= 0.6 is 23.1 Å². The fourth-order valence-electron chi connectivity index (χ4n) is 3.12. The highest BCUT2D eigenvalue weighted by Gasteiger charge is 2.19. The van der Waals surface area contributed by atoms with Gasteiger partial charge in [-0.15, -0.1) is 16.4 Å². The molecule has 2 aromatic carbocycles. The lowest BCUT2D eigenvalue weighted by Gasteiger charge is -2.23. The maximum Gasteiger partial charge on any atom is 0.258 e. The van der Waals surface area contributed by atoms with Crippen molar-refractivity contribution in [1.82, 2.24) is 20.2 Å². The summed E-state index contributed by atoms with van der Waals surface area (Å²) in [5, 5.41) is 16.5. The molecule has 0 saturated heterocycles. The monoisotopic (exact) mass is 494 g/mol. The summed E-state index contributed by atoms with van der Waals surface area (Å²) >= 11 is 2.84. The van der Waals surface area contributed by atoms with Crippen LogP contribution in [0.3, 0.4) is 0 Å². The predicted octanol–water partition coefficient (Wildman–Crippen LogP) is 3.86. The molecular weight excluding hydrogens is 472 g/mol. The fourth-order valence-corrected chi connectivity index (χ4v) is 4.47. The van der Waals surface area contributed by atoms with Crippen molar-refractivity contribution in [2.45, 2.75) is 11.7 Å². The normalized spacial score (nSPS) is 10.6. The lowest BCUT2D eigenvalue weighted by Crippen LogP contribution is -2.30. The lowest BCUT2D eigenvalue weighted by atomic mass is 10.1. The highest BCUT2D eigenvalue weighted by molar-refractivity contribution is 7.99. The van der Waals surface area contributed by atoms with Gasteiger partial charge in [0.2, 0.25) is 11.1 Å². The molecule has 0 unspecified atom stereocenters. The van der Waals surface area contributed by atoms with Crippen LogP contribution in [0.1, 0.15) is 15.2 Å².